The number of hydrogen-bond donors (Lipinski definition) is 1. The molecule has 1 aromatic carbocycles. The molecule has 0 amide bonds. The predicted octanol–water partition coefficient (Wildman–Crippen LogP) is 0.932. The molecule has 1 N–H and O–H groups in total. The van der Waals surface area contributed by atoms with Crippen LogP contribution in [0.3, 0.4) is 0 Å². The van der Waals surface area contributed by atoms with Gasteiger partial charge in [0.25, 0.3) is 5.56 Å². The summed E-state index contributed by atoms with van der Waals surface area (Å²) >= 11 is 0. The molecule has 0 saturated carbocycles. The van der Waals surface area contributed by atoms with Crippen molar-refractivity contribution in [3.05, 3.63) is 39.9 Å². The number of H-pyrrole nitrogens is 1. The molecule has 7 nitrogen and oxygen atoms in total. The maximum atomic E-state index is 12.2. The number of hydrogen-bond acceptors (Lipinski definition) is 6. The maximum absolute atomic E-state index is 12.2. The first-order chi connectivity index (χ1) is 11.2. The summed E-state index contributed by atoms with van der Waals surface area (Å²) in [6, 6.07) is 5.52. The number of ether oxygens (including phenoxy) is 2. The number of morpholine rings is 1. The molecule has 2 heterocycles. The normalized spacial score (nSPS) is 15.7. The van der Waals surface area contributed by atoms with Gasteiger partial charge < -0.3 is 14.5 Å². The molecule has 0 radical (unpaired) electrons. The molecule has 122 valence electrons. The lowest BCUT2D eigenvalue weighted by molar-refractivity contribution is 0.0342. The van der Waals surface area contributed by atoms with Crippen LogP contribution in [0.1, 0.15) is 23.1 Å². The van der Waals surface area contributed by atoms with Crippen LogP contribution in [-0.4, -0.2) is 53.7 Å². The predicted molar refractivity (Wildman–Crippen MR) is 84.4 cm³/mol. The van der Waals surface area contributed by atoms with Crippen molar-refractivity contribution in [2.45, 2.75) is 13.5 Å². The second-order valence-electron chi connectivity index (χ2n) is 5.38. The van der Waals surface area contributed by atoms with Gasteiger partial charge in [0.15, 0.2) is 0 Å². The van der Waals surface area contributed by atoms with Gasteiger partial charge in [-0.3, -0.25) is 9.69 Å². The van der Waals surface area contributed by atoms with E-state index >= 15 is 0 Å². The number of esters is 1. The van der Waals surface area contributed by atoms with E-state index in [-0.39, 0.29) is 18.0 Å². The highest BCUT2D eigenvalue weighted by molar-refractivity contribution is 5.88. The minimum atomic E-state index is -0.621. The molecule has 1 saturated heterocycles. The summed E-state index contributed by atoms with van der Waals surface area (Å²) in [4.78, 5) is 32.9. The summed E-state index contributed by atoms with van der Waals surface area (Å²) in [5, 5.41) is 0.476. The zero-order chi connectivity index (χ0) is 16.2. The molecule has 1 aromatic heterocycles. The minimum absolute atomic E-state index is 0.0646. The molecular formula is C16H19N3O4. The molecular weight excluding hydrogens is 298 g/mol. The van der Waals surface area contributed by atoms with Crippen LogP contribution in [0.25, 0.3) is 10.9 Å². The standard InChI is InChI=1S/C16H19N3O4/c1-2-23-16(21)14-17-13-4-3-11(9-12(13)15(20)18-14)10-19-5-7-22-8-6-19/h3-4,9H,2,5-8,10H2,1H3,(H,17,18,20). The number of aromatic amines is 1. The first-order valence-corrected chi connectivity index (χ1v) is 7.67. The van der Waals surface area contributed by atoms with Gasteiger partial charge in [-0.2, -0.15) is 0 Å². The Morgan fingerprint density at radius 2 is 2.17 bits per heavy atom. The van der Waals surface area contributed by atoms with Crippen LogP contribution in [0.2, 0.25) is 0 Å². The zero-order valence-electron chi connectivity index (χ0n) is 13.0. The van der Waals surface area contributed by atoms with Crippen molar-refractivity contribution < 1.29 is 14.3 Å². The van der Waals surface area contributed by atoms with E-state index in [1.165, 1.54) is 0 Å². The molecule has 23 heavy (non-hydrogen) atoms. The average molecular weight is 317 g/mol. The lowest BCUT2D eigenvalue weighted by Crippen LogP contribution is -2.35. The van der Waals surface area contributed by atoms with Crippen LogP contribution < -0.4 is 5.56 Å². The van der Waals surface area contributed by atoms with Crippen molar-refractivity contribution in [2.24, 2.45) is 0 Å². The lowest BCUT2D eigenvalue weighted by atomic mass is 10.1. The second-order valence-corrected chi connectivity index (χ2v) is 5.38. The third-order valence-corrected chi connectivity index (χ3v) is 3.75. The smallest absolute Gasteiger partial charge is 0.374 e. The highest BCUT2D eigenvalue weighted by Crippen LogP contribution is 2.13. The van der Waals surface area contributed by atoms with Gasteiger partial charge in [-0.05, 0) is 24.6 Å². The quantitative estimate of drug-likeness (QED) is 0.845. The van der Waals surface area contributed by atoms with Gasteiger partial charge in [0, 0.05) is 19.6 Å². The van der Waals surface area contributed by atoms with E-state index in [1.54, 1.807) is 13.0 Å². The number of rotatable bonds is 4. The van der Waals surface area contributed by atoms with Crippen molar-refractivity contribution in [1.29, 1.82) is 0 Å². The summed E-state index contributed by atoms with van der Waals surface area (Å²) in [6.07, 6.45) is 0. The summed E-state index contributed by atoms with van der Waals surface area (Å²) in [5.74, 6) is -0.686. The van der Waals surface area contributed by atoms with Gasteiger partial charge in [-0.1, -0.05) is 6.07 Å². The van der Waals surface area contributed by atoms with Crippen molar-refractivity contribution in [3.63, 3.8) is 0 Å². The van der Waals surface area contributed by atoms with Crippen molar-refractivity contribution in [3.8, 4) is 0 Å². The van der Waals surface area contributed by atoms with E-state index in [9.17, 15) is 9.59 Å². The SMILES string of the molecule is CCOC(=O)c1nc2ccc(CN3CCOCC3)cc2c(=O)[nH]1. The fraction of sp³-hybridized carbons (Fsp3) is 0.438. The maximum Gasteiger partial charge on any atom is 0.374 e. The molecule has 7 heteroatoms. The molecule has 1 aliphatic heterocycles. The minimum Gasteiger partial charge on any atom is -0.460 e. The molecule has 0 spiro atoms. The Bertz CT molecular complexity index is 765. The molecule has 0 atom stereocenters. The Morgan fingerprint density at radius 3 is 2.91 bits per heavy atom. The van der Waals surface area contributed by atoms with Crippen LogP contribution >= 0.6 is 0 Å². The third kappa shape index (κ3) is 3.57. The average Bonchev–Trinajstić information content (AvgIpc) is 2.56. The Hall–Kier alpha value is -2.25. The molecule has 0 aliphatic carbocycles. The molecule has 0 bridgehead atoms. The Kier molecular flexibility index (Phi) is 4.68. The van der Waals surface area contributed by atoms with Gasteiger partial charge in [0.1, 0.15) is 0 Å². The number of nitrogens with one attached hydrogen (secondary N) is 1. The molecule has 1 aliphatic rings. The van der Waals surface area contributed by atoms with E-state index in [2.05, 4.69) is 14.9 Å². The topological polar surface area (TPSA) is 84.5 Å². The Labute approximate surface area is 133 Å². The number of aromatic nitrogens is 2. The highest BCUT2D eigenvalue weighted by Gasteiger charge is 2.14. The van der Waals surface area contributed by atoms with E-state index < -0.39 is 5.97 Å². The molecule has 0 unspecified atom stereocenters. The largest absolute Gasteiger partial charge is 0.460 e. The van der Waals surface area contributed by atoms with Crippen molar-refractivity contribution in [1.82, 2.24) is 14.9 Å². The van der Waals surface area contributed by atoms with Gasteiger partial charge >= 0.3 is 5.97 Å². The zero-order valence-corrected chi connectivity index (χ0v) is 13.0. The van der Waals surface area contributed by atoms with E-state index in [0.717, 1.165) is 38.4 Å². The van der Waals surface area contributed by atoms with E-state index in [0.29, 0.717) is 10.9 Å². The lowest BCUT2D eigenvalue weighted by Gasteiger charge is -2.26. The summed E-state index contributed by atoms with van der Waals surface area (Å²) < 4.78 is 10.2. The second kappa shape index (κ2) is 6.89. The number of nitrogens with zero attached hydrogens (tertiary/aromatic N) is 2. The van der Waals surface area contributed by atoms with E-state index in [4.69, 9.17) is 9.47 Å². The molecule has 2 aromatic rings. The van der Waals surface area contributed by atoms with E-state index in [1.807, 2.05) is 12.1 Å². The summed E-state index contributed by atoms with van der Waals surface area (Å²) in [5.41, 5.74) is 1.19. The number of carbonyl (C=O) groups excluding carboxylic acids is 1. The van der Waals surface area contributed by atoms with Gasteiger partial charge in [-0.25, -0.2) is 9.78 Å². The van der Waals surface area contributed by atoms with Crippen LogP contribution in [0.5, 0.6) is 0 Å². The number of fused-ring (bicyclic) bond motifs is 1. The van der Waals surface area contributed by atoms with Crippen molar-refractivity contribution >= 4 is 16.9 Å². The first-order valence-electron chi connectivity index (χ1n) is 7.67. The van der Waals surface area contributed by atoms with Gasteiger partial charge in [-0.15, -0.1) is 0 Å². The van der Waals surface area contributed by atoms with Crippen LogP contribution in [0.15, 0.2) is 23.0 Å². The first kappa shape index (κ1) is 15.6. The number of carbonyl (C=O) groups is 1. The van der Waals surface area contributed by atoms with Crippen molar-refractivity contribution in [2.75, 3.05) is 32.9 Å². The Balaban J connectivity index is 1.88. The van der Waals surface area contributed by atoms with Crippen LogP contribution in [0, 0.1) is 0 Å². The fourth-order valence-electron chi connectivity index (χ4n) is 2.60. The molecule has 3 rings (SSSR count). The highest BCUT2D eigenvalue weighted by atomic mass is 16.5. The van der Waals surface area contributed by atoms with Gasteiger partial charge in [0.05, 0.1) is 30.7 Å². The van der Waals surface area contributed by atoms with Gasteiger partial charge in [0.2, 0.25) is 5.82 Å². The summed E-state index contributed by atoms with van der Waals surface area (Å²) in [6.45, 7) is 5.94. The van der Waals surface area contributed by atoms with Crippen LogP contribution in [0.4, 0.5) is 0 Å². The summed E-state index contributed by atoms with van der Waals surface area (Å²) in [7, 11) is 0. The Morgan fingerprint density at radius 1 is 1.39 bits per heavy atom. The fourth-order valence-corrected chi connectivity index (χ4v) is 2.60. The monoisotopic (exact) mass is 317 g/mol. The third-order valence-electron chi connectivity index (χ3n) is 3.75. The van der Waals surface area contributed by atoms with Crippen LogP contribution in [-0.2, 0) is 16.0 Å². The number of benzene rings is 1. The molecule has 1 fully saturated rings.